The zero-order chi connectivity index (χ0) is 15.3. The lowest BCUT2D eigenvalue weighted by Crippen LogP contribution is -2.49. The van der Waals surface area contributed by atoms with Crippen molar-refractivity contribution in [2.45, 2.75) is 38.1 Å². The molecule has 1 aliphatic rings. The van der Waals surface area contributed by atoms with Crippen LogP contribution in [-0.4, -0.2) is 23.5 Å². The van der Waals surface area contributed by atoms with E-state index in [4.69, 9.17) is 5.73 Å². The third kappa shape index (κ3) is 3.42. The number of nitrogens with two attached hydrogens (primary N) is 1. The number of carbonyl (C=O) groups is 2. The molecule has 1 aromatic carbocycles. The molecule has 1 aromatic rings. The van der Waals surface area contributed by atoms with Gasteiger partial charge in [0.05, 0.1) is 5.41 Å². The van der Waals surface area contributed by atoms with Crippen molar-refractivity contribution >= 4 is 11.9 Å². The lowest BCUT2D eigenvalue weighted by atomic mass is 9.73. The summed E-state index contributed by atoms with van der Waals surface area (Å²) in [5, 5.41) is 12.1. The van der Waals surface area contributed by atoms with Crippen LogP contribution < -0.4 is 11.1 Å². The predicted molar refractivity (Wildman–Crippen MR) is 79.5 cm³/mol. The Balaban J connectivity index is 2.16. The van der Waals surface area contributed by atoms with E-state index in [-0.39, 0.29) is 12.5 Å². The molecule has 0 radical (unpaired) electrons. The van der Waals surface area contributed by atoms with Crippen molar-refractivity contribution in [3.8, 4) is 0 Å². The van der Waals surface area contributed by atoms with Gasteiger partial charge >= 0.3 is 5.97 Å². The molecule has 21 heavy (non-hydrogen) atoms. The maximum Gasteiger partial charge on any atom is 0.330 e. The first-order chi connectivity index (χ1) is 10.1. The van der Waals surface area contributed by atoms with Gasteiger partial charge < -0.3 is 16.2 Å². The summed E-state index contributed by atoms with van der Waals surface area (Å²) in [7, 11) is 0. The van der Waals surface area contributed by atoms with Gasteiger partial charge in [0.25, 0.3) is 0 Å². The number of aliphatic carboxylic acids is 1. The highest BCUT2D eigenvalue weighted by molar-refractivity contribution is 5.88. The largest absolute Gasteiger partial charge is 0.479 e. The van der Waals surface area contributed by atoms with Crippen LogP contribution in [0.1, 0.15) is 43.7 Å². The first kappa shape index (κ1) is 15.5. The summed E-state index contributed by atoms with van der Waals surface area (Å²) in [6.07, 6.45) is 4.50. The number of benzene rings is 1. The normalized spacial score (nSPS) is 18.7. The van der Waals surface area contributed by atoms with E-state index in [0.29, 0.717) is 5.56 Å². The van der Waals surface area contributed by atoms with Gasteiger partial charge in [-0.25, -0.2) is 4.79 Å². The van der Waals surface area contributed by atoms with Gasteiger partial charge in [-0.15, -0.1) is 0 Å². The van der Waals surface area contributed by atoms with Crippen LogP contribution in [0.15, 0.2) is 30.3 Å². The van der Waals surface area contributed by atoms with Gasteiger partial charge in [0.2, 0.25) is 5.91 Å². The third-order valence-corrected chi connectivity index (χ3v) is 4.34. The van der Waals surface area contributed by atoms with Gasteiger partial charge in [0.1, 0.15) is 0 Å². The lowest BCUT2D eigenvalue weighted by molar-refractivity contribution is -0.144. The molecule has 1 fully saturated rings. The van der Waals surface area contributed by atoms with Crippen LogP contribution in [0.5, 0.6) is 0 Å². The number of hydrogen-bond donors (Lipinski definition) is 3. The van der Waals surface area contributed by atoms with Gasteiger partial charge in [-0.05, 0) is 18.4 Å². The van der Waals surface area contributed by atoms with Gasteiger partial charge in [-0.2, -0.15) is 0 Å². The number of nitrogens with one attached hydrogen (secondary N) is 1. The second-order valence-electron chi connectivity index (χ2n) is 5.70. The smallest absolute Gasteiger partial charge is 0.330 e. The molecule has 0 aliphatic heterocycles. The van der Waals surface area contributed by atoms with Crippen LogP contribution in [0.25, 0.3) is 0 Å². The Morgan fingerprint density at radius 1 is 1.19 bits per heavy atom. The molecule has 1 aliphatic carbocycles. The van der Waals surface area contributed by atoms with Crippen molar-refractivity contribution in [2.75, 3.05) is 6.54 Å². The van der Waals surface area contributed by atoms with Gasteiger partial charge in [-0.1, -0.05) is 49.6 Å². The van der Waals surface area contributed by atoms with Crippen molar-refractivity contribution in [1.82, 2.24) is 5.32 Å². The molecule has 0 aromatic heterocycles. The van der Waals surface area contributed by atoms with Crippen LogP contribution in [0.3, 0.4) is 0 Å². The summed E-state index contributed by atoms with van der Waals surface area (Å²) in [6, 6.07) is 7.72. The zero-order valence-electron chi connectivity index (χ0n) is 12.0. The predicted octanol–water partition coefficient (Wildman–Crippen LogP) is 1.84. The molecule has 4 N–H and O–H groups in total. The molecule has 0 heterocycles. The molecule has 1 atom stereocenters. The number of amides is 1. The highest BCUT2D eigenvalue weighted by Crippen LogP contribution is 2.36. The van der Waals surface area contributed by atoms with Crippen LogP contribution >= 0.6 is 0 Å². The fourth-order valence-corrected chi connectivity index (χ4v) is 2.97. The van der Waals surface area contributed by atoms with Gasteiger partial charge in [-0.3, -0.25) is 4.79 Å². The van der Waals surface area contributed by atoms with E-state index >= 15 is 0 Å². The highest BCUT2D eigenvalue weighted by Gasteiger charge is 2.40. The quantitative estimate of drug-likeness (QED) is 0.771. The SMILES string of the molecule is NCC1(C(=O)N[C@H](C(=O)O)c2ccccc2)CCCCC1. The summed E-state index contributed by atoms with van der Waals surface area (Å²) in [6.45, 7) is 0.264. The third-order valence-electron chi connectivity index (χ3n) is 4.34. The van der Waals surface area contributed by atoms with Crippen LogP contribution in [0.2, 0.25) is 0 Å². The topological polar surface area (TPSA) is 92.4 Å². The number of carboxylic acids is 1. The number of rotatable bonds is 5. The van der Waals surface area contributed by atoms with Crippen molar-refractivity contribution in [3.63, 3.8) is 0 Å². The molecular formula is C16H22N2O3. The van der Waals surface area contributed by atoms with Crippen LogP contribution in [-0.2, 0) is 9.59 Å². The highest BCUT2D eigenvalue weighted by atomic mass is 16.4. The molecule has 0 bridgehead atoms. The molecule has 1 saturated carbocycles. The maximum absolute atomic E-state index is 12.6. The maximum atomic E-state index is 12.6. The molecule has 0 saturated heterocycles. The summed E-state index contributed by atoms with van der Waals surface area (Å²) < 4.78 is 0. The molecular weight excluding hydrogens is 268 g/mol. The van der Waals surface area contributed by atoms with Crippen molar-refractivity contribution in [2.24, 2.45) is 11.1 Å². The van der Waals surface area contributed by atoms with Crippen molar-refractivity contribution in [3.05, 3.63) is 35.9 Å². The molecule has 0 unspecified atom stereocenters. The Morgan fingerprint density at radius 2 is 1.81 bits per heavy atom. The fourth-order valence-electron chi connectivity index (χ4n) is 2.97. The standard InChI is InChI=1S/C16H22N2O3/c17-11-16(9-5-2-6-10-16)15(21)18-13(14(19)20)12-7-3-1-4-8-12/h1,3-4,7-8,13H,2,5-6,9-11,17H2,(H,18,21)(H,19,20)/t13-/m0/s1. The molecule has 5 nitrogen and oxygen atoms in total. The summed E-state index contributed by atoms with van der Waals surface area (Å²) >= 11 is 0. The average Bonchev–Trinajstić information content (AvgIpc) is 2.53. The number of carboxylic acid groups (broad SMARTS) is 1. The number of hydrogen-bond acceptors (Lipinski definition) is 3. The van der Waals surface area contributed by atoms with E-state index < -0.39 is 17.4 Å². The minimum Gasteiger partial charge on any atom is -0.479 e. The Kier molecular flexibility index (Phi) is 4.96. The Labute approximate surface area is 124 Å². The van der Waals surface area contributed by atoms with E-state index in [0.717, 1.165) is 32.1 Å². The molecule has 5 heteroatoms. The first-order valence-electron chi connectivity index (χ1n) is 7.38. The summed E-state index contributed by atoms with van der Waals surface area (Å²) in [4.78, 5) is 24.0. The minimum atomic E-state index is -1.06. The Bertz CT molecular complexity index is 496. The average molecular weight is 290 g/mol. The molecule has 0 spiro atoms. The second-order valence-corrected chi connectivity index (χ2v) is 5.70. The van der Waals surface area contributed by atoms with Gasteiger partial charge in [0.15, 0.2) is 6.04 Å². The lowest BCUT2D eigenvalue weighted by Gasteiger charge is -2.35. The van der Waals surface area contributed by atoms with E-state index in [2.05, 4.69) is 5.32 Å². The molecule has 2 rings (SSSR count). The van der Waals surface area contributed by atoms with E-state index in [1.165, 1.54) is 0 Å². The Morgan fingerprint density at radius 3 is 2.33 bits per heavy atom. The molecule has 1 amide bonds. The zero-order valence-corrected chi connectivity index (χ0v) is 12.0. The number of carbonyl (C=O) groups excluding carboxylic acids is 1. The van der Waals surface area contributed by atoms with E-state index in [1.54, 1.807) is 24.3 Å². The van der Waals surface area contributed by atoms with Crippen molar-refractivity contribution < 1.29 is 14.7 Å². The van der Waals surface area contributed by atoms with E-state index in [9.17, 15) is 14.7 Å². The summed E-state index contributed by atoms with van der Waals surface area (Å²) in [5.41, 5.74) is 5.78. The van der Waals surface area contributed by atoms with Gasteiger partial charge in [0, 0.05) is 6.54 Å². The monoisotopic (exact) mass is 290 g/mol. The second kappa shape index (κ2) is 6.72. The molecule has 114 valence electrons. The minimum absolute atomic E-state index is 0.235. The Hall–Kier alpha value is -1.88. The summed E-state index contributed by atoms with van der Waals surface area (Å²) in [5.74, 6) is -1.29. The van der Waals surface area contributed by atoms with Crippen LogP contribution in [0, 0.1) is 5.41 Å². The van der Waals surface area contributed by atoms with E-state index in [1.807, 2.05) is 6.07 Å². The van der Waals surface area contributed by atoms with Crippen molar-refractivity contribution in [1.29, 1.82) is 0 Å². The van der Waals surface area contributed by atoms with Crippen LogP contribution in [0.4, 0.5) is 0 Å². The first-order valence-corrected chi connectivity index (χ1v) is 7.38. The fraction of sp³-hybridized carbons (Fsp3) is 0.500.